The number of hydrogen-bond donors (Lipinski definition) is 2. The van der Waals surface area contributed by atoms with Crippen LogP contribution in [-0.4, -0.2) is 16.4 Å². The Bertz CT molecular complexity index is 358. The van der Waals surface area contributed by atoms with Gasteiger partial charge in [0.05, 0.1) is 5.54 Å². The zero-order valence-corrected chi connectivity index (χ0v) is 9.28. The van der Waals surface area contributed by atoms with Crippen LogP contribution >= 0.6 is 0 Å². The molecular weight excluding hydrogens is 202 g/mol. The van der Waals surface area contributed by atoms with Gasteiger partial charge < -0.3 is 5.73 Å². The highest BCUT2D eigenvalue weighted by Gasteiger charge is 2.38. The molecule has 1 aliphatic carbocycles. The van der Waals surface area contributed by atoms with E-state index in [9.17, 15) is 4.79 Å². The lowest BCUT2D eigenvalue weighted by molar-refractivity contribution is -0.124. The first kappa shape index (κ1) is 11.1. The van der Waals surface area contributed by atoms with Gasteiger partial charge in [0.1, 0.15) is 0 Å². The fraction of sp³-hybridized carbons (Fsp3) is 0.500. The summed E-state index contributed by atoms with van der Waals surface area (Å²) in [4.78, 5) is 15.5. The Morgan fingerprint density at radius 2 is 2.00 bits per heavy atom. The van der Waals surface area contributed by atoms with Crippen LogP contribution < -0.4 is 11.1 Å². The molecule has 1 saturated carbocycles. The van der Waals surface area contributed by atoms with Gasteiger partial charge in [-0.1, -0.05) is 12.8 Å². The molecule has 1 fully saturated rings. The molecule has 1 amide bonds. The van der Waals surface area contributed by atoms with Gasteiger partial charge in [-0.15, -0.1) is 0 Å². The molecule has 0 radical (unpaired) electrons. The molecule has 4 heteroatoms. The minimum atomic E-state index is -0.483. The van der Waals surface area contributed by atoms with Crippen LogP contribution in [0.2, 0.25) is 0 Å². The Balaban J connectivity index is 2.00. The van der Waals surface area contributed by atoms with E-state index in [4.69, 9.17) is 5.73 Å². The molecule has 0 spiro atoms. The lowest BCUT2D eigenvalue weighted by atomic mass is 9.96. The molecule has 1 aromatic rings. The highest BCUT2D eigenvalue weighted by Crippen LogP contribution is 2.29. The number of nitrogens with two attached hydrogens (primary N) is 1. The average Bonchev–Trinajstić information content (AvgIpc) is 2.78. The number of nitrogens with zero attached hydrogens (tertiary/aromatic N) is 1. The van der Waals surface area contributed by atoms with Crippen LogP contribution in [0.4, 0.5) is 0 Å². The van der Waals surface area contributed by atoms with Crippen LogP contribution in [0.15, 0.2) is 24.5 Å². The third-order valence-corrected chi connectivity index (χ3v) is 3.31. The largest absolute Gasteiger partial charge is 0.368 e. The first-order valence-electron chi connectivity index (χ1n) is 5.67. The zero-order valence-electron chi connectivity index (χ0n) is 9.28. The second-order valence-corrected chi connectivity index (χ2v) is 4.36. The van der Waals surface area contributed by atoms with Crippen molar-refractivity contribution in [2.75, 3.05) is 0 Å². The van der Waals surface area contributed by atoms with Crippen molar-refractivity contribution in [2.45, 2.75) is 37.8 Å². The molecule has 0 saturated heterocycles. The number of pyridine rings is 1. The molecule has 86 valence electrons. The number of primary amides is 1. The maximum Gasteiger partial charge on any atom is 0.237 e. The van der Waals surface area contributed by atoms with E-state index < -0.39 is 5.54 Å². The molecular formula is C12H17N3O. The van der Waals surface area contributed by atoms with Gasteiger partial charge in [0.15, 0.2) is 0 Å². The quantitative estimate of drug-likeness (QED) is 0.792. The first-order valence-corrected chi connectivity index (χ1v) is 5.67. The zero-order chi connectivity index (χ0) is 11.4. The molecule has 0 aromatic carbocycles. The molecule has 1 aromatic heterocycles. The van der Waals surface area contributed by atoms with E-state index in [-0.39, 0.29) is 5.91 Å². The summed E-state index contributed by atoms with van der Waals surface area (Å²) in [6.07, 6.45) is 7.37. The summed E-state index contributed by atoms with van der Waals surface area (Å²) in [6.45, 7) is 0.672. The summed E-state index contributed by atoms with van der Waals surface area (Å²) in [6, 6.07) is 3.88. The van der Waals surface area contributed by atoms with E-state index in [1.807, 2.05) is 12.1 Å². The van der Waals surface area contributed by atoms with E-state index >= 15 is 0 Å². The number of carbonyl (C=O) groups excluding carboxylic acids is 1. The minimum Gasteiger partial charge on any atom is -0.368 e. The molecule has 1 aliphatic rings. The molecule has 0 unspecified atom stereocenters. The number of carbonyl (C=O) groups is 1. The Morgan fingerprint density at radius 1 is 1.38 bits per heavy atom. The van der Waals surface area contributed by atoms with Crippen LogP contribution in [0.3, 0.4) is 0 Å². The third-order valence-electron chi connectivity index (χ3n) is 3.31. The maximum absolute atomic E-state index is 11.5. The van der Waals surface area contributed by atoms with Gasteiger partial charge in [0.25, 0.3) is 0 Å². The second kappa shape index (κ2) is 4.61. The molecule has 3 N–H and O–H groups in total. The number of amides is 1. The van der Waals surface area contributed by atoms with Crippen LogP contribution in [0.1, 0.15) is 31.2 Å². The highest BCUT2D eigenvalue weighted by molar-refractivity contribution is 5.85. The van der Waals surface area contributed by atoms with Crippen molar-refractivity contribution < 1.29 is 4.79 Å². The summed E-state index contributed by atoms with van der Waals surface area (Å²) in [5.41, 5.74) is 6.13. The molecule has 0 aliphatic heterocycles. The highest BCUT2D eigenvalue weighted by atomic mass is 16.1. The molecule has 0 atom stereocenters. The van der Waals surface area contributed by atoms with Gasteiger partial charge in [-0.3, -0.25) is 15.1 Å². The molecule has 4 nitrogen and oxygen atoms in total. The third kappa shape index (κ3) is 2.22. The van der Waals surface area contributed by atoms with E-state index in [2.05, 4.69) is 10.3 Å². The molecule has 0 bridgehead atoms. The number of nitrogens with one attached hydrogen (secondary N) is 1. The summed E-state index contributed by atoms with van der Waals surface area (Å²) >= 11 is 0. The number of hydrogen-bond acceptors (Lipinski definition) is 3. The topological polar surface area (TPSA) is 68.0 Å². The predicted molar refractivity (Wildman–Crippen MR) is 61.5 cm³/mol. The SMILES string of the molecule is NC(=O)C1(NCc2ccncc2)CCCC1. The van der Waals surface area contributed by atoms with Crippen molar-refractivity contribution in [1.82, 2.24) is 10.3 Å². The van der Waals surface area contributed by atoms with Crippen molar-refractivity contribution in [3.8, 4) is 0 Å². The van der Waals surface area contributed by atoms with Crippen molar-refractivity contribution in [3.63, 3.8) is 0 Å². The van der Waals surface area contributed by atoms with Crippen molar-refractivity contribution in [3.05, 3.63) is 30.1 Å². The van der Waals surface area contributed by atoms with E-state index in [0.717, 1.165) is 31.2 Å². The minimum absolute atomic E-state index is 0.223. The lowest BCUT2D eigenvalue weighted by Gasteiger charge is -2.26. The van der Waals surface area contributed by atoms with Crippen molar-refractivity contribution in [2.24, 2.45) is 5.73 Å². The van der Waals surface area contributed by atoms with Crippen LogP contribution in [0.5, 0.6) is 0 Å². The maximum atomic E-state index is 11.5. The fourth-order valence-corrected chi connectivity index (χ4v) is 2.26. The number of rotatable bonds is 4. The molecule has 1 heterocycles. The summed E-state index contributed by atoms with van der Waals surface area (Å²) in [5, 5.41) is 3.31. The Kier molecular flexibility index (Phi) is 3.19. The standard InChI is InChI=1S/C12H17N3O/c13-11(16)12(5-1-2-6-12)15-9-10-3-7-14-8-4-10/h3-4,7-8,15H,1-2,5-6,9H2,(H2,13,16). The van der Waals surface area contributed by atoms with Gasteiger partial charge in [0.2, 0.25) is 5.91 Å². The van der Waals surface area contributed by atoms with Gasteiger partial charge in [-0.25, -0.2) is 0 Å². The summed E-state index contributed by atoms with van der Waals surface area (Å²) in [7, 11) is 0. The van der Waals surface area contributed by atoms with Crippen LogP contribution in [0.25, 0.3) is 0 Å². The second-order valence-electron chi connectivity index (χ2n) is 4.36. The summed E-state index contributed by atoms with van der Waals surface area (Å²) in [5.74, 6) is -0.223. The first-order chi connectivity index (χ1) is 7.73. The lowest BCUT2D eigenvalue weighted by Crippen LogP contribution is -2.53. The monoisotopic (exact) mass is 219 g/mol. The van der Waals surface area contributed by atoms with Crippen molar-refractivity contribution in [1.29, 1.82) is 0 Å². The fourth-order valence-electron chi connectivity index (χ4n) is 2.26. The van der Waals surface area contributed by atoms with Crippen LogP contribution in [0, 0.1) is 0 Å². The van der Waals surface area contributed by atoms with E-state index in [1.165, 1.54) is 0 Å². The molecule has 2 rings (SSSR count). The number of aromatic nitrogens is 1. The van der Waals surface area contributed by atoms with E-state index in [0.29, 0.717) is 6.54 Å². The smallest absolute Gasteiger partial charge is 0.237 e. The van der Waals surface area contributed by atoms with Gasteiger partial charge in [-0.2, -0.15) is 0 Å². The normalized spacial score (nSPS) is 18.5. The summed E-state index contributed by atoms with van der Waals surface area (Å²) < 4.78 is 0. The van der Waals surface area contributed by atoms with Gasteiger partial charge in [0, 0.05) is 18.9 Å². The Morgan fingerprint density at radius 3 is 2.56 bits per heavy atom. The van der Waals surface area contributed by atoms with Crippen molar-refractivity contribution >= 4 is 5.91 Å². The predicted octanol–water partition coefficient (Wildman–Crippen LogP) is 0.969. The van der Waals surface area contributed by atoms with Gasteiger partial charge >= 0.3 is 0 Å². The Hall–Kier alpha value is -1.42. The average molecular weight is 219 g/mol. The van der Waals surface area contributed by atoms with E-state index in [1.54, 1.807) is 12.4 Å². The van der Waals surface area contributed by atoms with Gasteiger partial charge in [-0.05, 0) is 30.5 Å². The Labute approximate surface area is 95.3 Å². The molecule has 16 heavy (non-hydrogen) atoms. The van der Waals surface area contributed by atoms with Crippen LogP contribution in [-0.2, 0) is 11.3 Å².